The van der Waals surface area contributed by atoms with E-state index in [1.165, 1.54) is 19.1 Å². The second-order valence-electron chi connectivity index (χ2n) is 8.01. The van der Waals surface area contributed by atoms with E-state index in [1.807, 2.05) is 65.8 Å². The number of aliphatic hydroxyl groups is 1. The van der Waals surface area contributed by atoms with Gasteiger partial charge in [-0.25, -0.2) is 0 Å². The molecule has 0 aliphatic heterocycles. The van der Waals surface area contributed by atoms with E-state index in [2.05, 4.69) is 15.0 Å². The molecule has 0 heterocycles. The Morgan fingerprint density at radius 3 is 2.27 bits per heavy atom. The molecule has 37 heavy (non-hydrogen) atoms. The Kier molecular flexibility index (Phi) is 13.8. The molecular weight excluding hydrogens is 474 g/mol. The summed E-state index contributed by atoms with van der Waals surface area (Å²) in [6.07, 6.45) is 6.01. The Morgan fingerprint density at radius 2 is 1.73 bits per heavy atom. The molecule has 0 radical (unpaired) electrons. The highest BCUT2D eigenvalue weighted by molar-refractivity contribution is 6.02. The number of aliphatic imine (C=N–C) groups is 1. The van der Waals surface area contributed by atoms with Gasteiger partial charge < -0.3 is 15.2 Å². The summed E-state index contributed by atoms with van der Waals surface area (Å²) in [6, 6.07) is 11.9. The maximum atomic E-state index is 12.4. The van der Waals surface area contributed by atoms with Gasteiger partial charge in [-0.2, -0.15) is 8.78 Å². The van der Waals surface area contributed by atoms with Gasteiger partial charge in [0.25, 0.3) is 0 Å². The molecule has 2 aromatic rings. The van der Waals surface area contributed by atoms with Crippen LogP contribution in [0.3, 0.4) is 0 Å². The number of allylic oxidation sites excluding steroid dienone is 5. The lowest BCUT2D eigenvalue weighted by atomic mass is 10.0. The van der Waals surface area contributed by atoms with Gasteiger partial charge in [0.2, 0.25) is 0 Å². The fourth-order valence-electron chi connectivity index (χ4n) is 3.53. The summed E-state index contributed by atoms with van der Waals surface area (Å²) in [4.78, 5) is 16.6. The van der Waals surface area contributed by atoms with Crippen molar-refractivity contribution >= 4 is 22.8 Å². The number of hydrogen-bond acceptors (Lipinski definition) is 5. The molecule has 0 bridgehead atoms. The number of nitrogens with one attached hydrogen (secondary N) is 1. The molecule has 2 rings (SSSR count). The first-order valence-corrected chi connectivity index (χ1v) is 12.3. The van der Waals surface area contributed by atoms with Crippen molar-refractivity contribution in [3.05, 3.63) is 88.8 Å². The zero-order chi connectivity index (χ0) is 28.0. The monoisotopic (exact) mass is 512 g/mol. The van der Waals surface area contributed by atoms with Crippen LogP contribution < -0.4 is 10.1 Å². The number of aliphatic hydroxyl groups excluding tert-OH is 1. The zero-order valence-electron chi connectivity index (χ0n) is 22.7. The summed E-state index contributed by atoms with van der Waals surface area (Å²) in [7, 11) is 0. The third-order valence-electron chi connectivity index (χ3n) is 5.29. The van der Waals surface area contributed by atoms with Crippen LogP contribution in [-0.2, 0) is 6.42 Å². The molecule has 2 aromatic carbocycles. The van der Waals surface area contributed by atoms with Crippen LogP contribution in [0.4, 0.5) is 14.5 Å². The van der Waals surface area contributed by atoms with Crippen molar-refractivity contribution in [3.8, 4) is 5.75 Å². The highest BCUT2D eigenvalue weighted by atomic mass is 19.3. The minimum atomic E-state index is -2.86. The van der Waals surface area contributed by atoms with Crippen LogP contribution in [0.5, 0.6) is 5.75 Å². The second-order valence-corrected chi connectivity index (χ2v) is 8.01. The first-order valence-electron chi connectivity index (χ1n) is 12.3. The molecule has 0 saturated heterocycles. The van der Waals surface area contributed by atoms with E-state index in [4.69, 9.17) is 0 Å². The molecule has 0 unspecified atom stereocenters. The topological polar surface area (TPSA) is 70.9 Å². The van der Waals surface area contributed by atoms with Crippen LogP contribution in [-0.4, -0.2) is 29.8 Å². The van der Waals surface area contributed by atoms with E-state index in [9.17, 15) is 18.7 Å². The summed E-state index contributed by atoms with van der Waals surface area (Å²) in [5.41, 5.74) is 6.34. The standard InChI is InChI=1S/C28H32F2N2O3.C2H6/c1-6-7-18(2)27(32-24-10-13-26(21(5)34)23(16-24)14-15-33)20(4)31-17-19(3)22-8-11-25(12-9-22)35-28(29)30;1-2/h6-13,16-17,28,32-33H,14-15H2,1-5H3;1-2H3/b7-6-,19-17+,27-18+,31-20+;. The molecule has 0 aromatic heterocycles. The number of Topliss-reactive ketones (excluding diaryl/α,β-unsaturated/α-hetero) is 1. The van der Waals surface area contributed by atoms with Gasteiger partial charge in [-0.1, -0.05) is 38.1 Å². The third kappa shape index (κ3) is 10.1. The molecule has 0 saturated carbocycles. The van der Waals surface area contributed by atoms with Crippen LogP contribution >= 0.6 is 0 Å². The van der Waals surface area contributed by atoms with Gasteiger partial charge in [0.1, 0.15) is 5.75 Å². The second kappa shape index (κ2) is 16.2. The number of alkyl halides is 2. The Balaban J connectivity index is 0.00000334. The lowest BCUT2D eigenvalue weighted by Gasteiger charge is -2.16. The number of hydrogen-bond donors (Lipinski definition) is 2. The minimum Gasteiger partial charge on any atom is -0.435 e. The third-order valence-corrected chi connectivity index (χ3v) is 5.29. The van der Waals surface area contributed by atoms with Gasteiger partial charge in [0.05, 0.1) is 11.4 Å². The van der Waals surface area contributed by atoms with Crippen LogP contribution in [0.1, 0.15) is 70.0 Å². The number of carbonyl (C=O) groups excluding carboxylic acids is 1. The Labute approximate surface area is 219 Å². The molecule has 200 valence electrons. The molecule has 0 aliphatic rings. The first kappa shape index (κ1) is 31.4. The van der Waals surface area contributed by atoms with Crippen molar-refractivity contribution in [1.29, 1.82) is 0 Å². The van der Waals surface area contributed by atoms with Crippen LogP contribution in [0, 0.1) is 0 Å². The van der Waals surface area contributed by atoms with E-state index in [0.29, 0.717) is 12.0 Å². The minimum absolute atomic E-state index is 0.0481. The zero-order valence-corrected chi connectivity index (χ0v) is 22.7. The summed E-state index contributed by atoms with van der Waals surface area (Å²) < 4.78 is 29.1. The van der Waals surface area contributed by atoms with Crippen molar-refractivity contribution in [2.24, 2.45) is 4.99 Å². The molecule has 2 N–H and O–H groups in total. The Bertz CT molecular complexity index is 1150. The van der Waals surface area contributed by atoms with E-state index in [0.717, 1.165) is 39.4 Å². The Hall–Kier alpha value is -3.58. The number of anilines is 1. The normalized spacial score (nSPS) is 12.7. The number of nitrogens with zero attached hydrogens (tertiary/aromatic N) is 1. The quantitative estimate of drug-likeness (QED) is 0.183. The van der Waals surface area contributed by atoms with Gasteiger partial charge in [0, 0.05) is 24.1 Å². The van der Waals surface area contributed by atoms with Crippen molar-refractivity contribution in [3.63, 3.8) is 0 Å². The van der Waals surface area contributed by atoms with Gasteiger partial charge in [-0.05, 0) is 93.6 Å². The number of rotatable bonds is 11. The molecule has 0 fully saturated rings. The van der Waals surface area contributed by atoms with Crippen LogP contribution in [0.15, 0.2) is 77.1 Å². The van der Waals surface area contributed by atoms with Crippen LogP contribution in [0.2, 0.25) is 0 Å². The van der Waals surface area contributed by atoms with Gasteiger partial charge in [0.15, 0.2) is 5.78 Å². The average Bonchev–Trinajstić information content (AvgIpc) is 2.87. The fraction of sp³-hybridized carbons (Fsp3) is 0.333. The predicted octanol–water partition coefficient (Wildman–Crippen LogP) is 7.84. The summed E-state index contributed by atoms with van der Waals surface area (Å²) >= 11 is 0. The van der Waals surface area contributed by atoms with Gasteiger partial charge in [-0.3, -0.25) is 9.79 Å². The van der Waals surface area contributed by atoms with Gasteiger partial charge in [-0.15, -0.1) is 0 Å². The number of benzene rings is 2. The molecule has 0 amide bonds. The lowest BCUT2D eigenvalue weighted by molar-refractivity contribution is -0.0498. The smallest absolute Gasteiger partial charge is 0.387 e. The molecule has 5 nitrogen and oxygen atoms in total. The van der Waals surface area contributed by atoms with Crippen molar-refractivity contribution < 1.29 is 23.4 Å². The number of ether oxygens (including phenoxy) is 1. The average molecular weight is 513 g/mol. The highest BCUT2D eigenvalue weighted by Gasteiger charge is 2.11. The fourth-order valence-corrected chi connectivity index (χ4v) is 3.53. The maximum absolute atomic E-state index is 12.4. The lowest BCUT2D eigenvalue weighted by Crippen LogP contribution is -2.12. The summed E-state index contributed by atoms with van der Waals surface area (Å²) in [6.45, 7) is 10.3. The number of carbonyl (C=O) groups is 1. The first-order chi connectivity index (χ1) is 17.7. The number of halogens is 2. The van der Waals surface area contributed by atoms with Gasteiger partial charge >= 0.3 is 6.61 Å². The summed E-state index contributed by atoms with van der Waals surface area (Å²) in [5, 5.41) is 12.8. The maximum Gasteiger partial charge on any atom is 0.387 e. The largest absolute Gasteiger partial charge is 0.435 e. The predicted molar refractivity (Wildman–Crippen MR) is 150 cm³/mol. The van der Waals surface area contributed by atoms with E-state index < -0.39 is 6.61 Å². The highest BCUT2D eigenvalue weighted by Crippen LogP contribution is 2.22. The van der Waals surface area contributed by atoms with Crippen molar-refractivity contribution in [1.82, 2.24) is 0 Å². The molecular formula is C30H38F2N2O3. The van der Waals surface area contributed by atoms with Crippen LogP contribution in [0.25, 0.3) is 5.57 Å². The summed E-state index contributed by atoms with van der Waals surface area (Å²) in [5.74, 6) is 0.0528. The van der Waals surface area contributed by atoms with Crippen molar-refractivity contribution in [2.45, 2.75) is 61.5 Å². The number of ketones is 1. The van der Waals surface area contributed by atoms with E-state index in [1.54, 1.807) is 24.4 Å². The SMILES string of the molecule is CC.C\C=C/C(C)=C(Nc1ccc(C(C)=O)c(CCO)c1)\C(C)=N\C=C(/C)c1ccc(OC(F)F)cc1. The molecule has 0 spiro atoms. The van der Waals surface area contributed by atoms with Crippen molar-refractivity contribution in [2.75, 3.05) is 11.9 Å². The van der Waals surface area contributed by atoms with E-state index >= 15 is 0 Å². The molecule has 0 aliphatic carbocycles. The molecule has 0 atom stereocenters. The van der Waals surface area contributed by atoms with E-state index in [-0.39, 0.29) is 18.1 Å². The molecule has 7 heteroatoms. The Morgan fingerprint density at radius 1 is 1.08 bits per heavy atom.